The Morgan fingerprint density at radius 1 is 1.14 bits per heavy atom. The maximum Gasteiger partial charge on any atom is 0.337 e. The summed E-state index contributed by atoms with van der Waals surface area (Å²) in [6.07, 6.45) is 8.91. The number of ether oxygens (including phenoxy) is 4. The Labute approximate surface area is 293 Å². The highest BCUT2D eigenvalue weighted by Gasteiger charge is 2.45. The van der Waals surface area contributed by atoms with Gasteiger partial charge in [-0.1, -0.05) is 17.7 Å². The molecule has 7 rings (SSSR count). The van der Waals surface area contributed by atoms with Crippen molar-refractivity contribution in [3.63, 3.8) is 0 Å². The molecule has 6 atom stereocenters. The summed E-state index contributed by atoms with van der Waals surface area (Å²) < 4.78 is 50.1. The number of methoxy groups -OCH3 is 1. The molecule has 0 unspecified atom stereocenters. The van der Waals surface area contributed by atoms with E-state index in [2.05, 4.69) is 27.0 Å². The lowest BCUT2D eigenvalue weighted by atomic mass is 9.67. The molecule has 3 heterocycles. The minimum Gasteiger partial charge on any atom is -0.490 e. The van der Waals surface area contributed by atoms with Gasteiger partial charge >= 0.3 is 5.97 Å². The van der Waals surface area contributed by atoms with Crippen LogP contribution in [-0.2, 0) is 35.9 Å². The van der Waals surface area contributed by atoms with Crippen LogP contribution in [0.2, 0.25) is 5.02 Å². The summed E-state index contributed by atoms with van der Waals surface area (Å²) in [6.45, 7) is 4.48. The average Bonchev–Trinajstić information content (AvgIpc) is 3.23. The zero-order chi connectivity index (χ0) is 34.2. The molecule has 1 saturated carbocycles. The van der Waals surface area contributed by atoms with Gasteiger partial charge in [-0.15, -0.1) is 0 Å². The van der Waals surface area contributed by atoms with Crippen LogP contribution in [0.4, 0.5) is 5.69 Å². The second kappa shape index (κ2) is 14.2. The second-order valence-electron chi connectivity index (χ2n) is 14.1. The normalized spacial score (nSPS) is 27.2. The van der Waals surface area contributed by atoms with Crippen LogP contribution in [0.3, 0.4) is 0 Å². The number of aromatic nitrogens is 2. The van der Waals surface area contributed by atoms with Gasteiger partial charge in [0, 0.05) is 48.9 Å². The van der Waals surface area contributed by atoms with Gasteiger partial charge in [-0.2, -0.15) is 0 Å². The molecule has 2 aromatic carbocycles. The number of hydrogen-bond donors (Lipinski definition) is 0. The van der Waals surface area contributed by atoms with Crippen molar-refractivity contribution in [1.29, 1.82) is 0 Å². The molecule has 1 aromatic heterocycles. The van der Waals surface area contributed by atoms with Crippen molar-refractivity contribution < 1.29 is 32.2 Å². The van der Waals surface area contributed by atoms with Gasteiger partial charge in [0.25, 0.3) is 0 Å². The number of anilines is 1. The molecule has 1 spiro atoms. The van der Waals surface area contributed by atoms with Crippen molar-refractivity contribution in [3.05, 3.63) is 76.6 Å². The smallest absolute Gasteiger partial charge is 0.337 e. The van der Waals surface area contributed by atoms with Gasteiger partial charge in [0.1, 0.15) is 5.75 Å². The van der Waals surface area contributed by atoms with E-state index in [0.29, 0.717) is 30.6 Å². The Balaban J connectivity index is 1.08. The largest absolute Gasteiger partial charge is 0.490 e. The molecular formula is C37H44ClN3O7S. The molecule has 0 bridgehead atoms. The number of carbonyl (C=O) groups is 1. The lowest BCUT2D eigenvalue weighted by molar-refractivity contribution is -0.126. The first-order valence-electron chi connectivity index (χ1n) is 17.3. The number of sulfone groups is 1. The molecule has 0 amide bonds. The summed E-state index contributed by atoms with van der Waals surface area (Å²) in [5.74, 6) is 0.934. The third-order valence-corrected chi connectivity index (χ3v) is 12.7. The fraction of sp³-hybridized carbons (Fsp3) is 0.541. The molecule has 2 aliphatic heterocycles. The number of benzene rings is 2. The van der Waals surface area contributed by atoms with Crippen LogP contribution >= 0.6 is 11.6 Å². The van der Waals surface area contributed by atoms with Crippen LogP contribution in [0.1, 0.15) is 66.9 Å². The lowest BCUT2D eigenvalue weighted by Gasteiger charge is -2.48. The molecular weight excluding hydrogens is 666 g/mol. The summed E-state index contributed by atoms with van der Waals surface area (Å²) in [7, 11) is -2.26. The average molecular weight is 710 g/mol. The van der Waals surface area contributed by atoms with E-state index in [0.717, 1.165) is 74.5 Å². The fourth-order valence-electron chi connectivity index (χ4n) is 8.37. The summed E-state index contributed by atoms with van der Waals surface area (Å²) in [6, 6.07) is 13.4. The van der Waals surface area contributed by atoms with Crippen LogP contribution in [0, 0.1) is 11.8 Å². The van der Waals surface area contributed by atoms with Crippen LogP contribution < -0.4 is 9.64 Å². The lowest BCUT2D eigenvalue weighted by Crippen LogP contribution is -2.51. The summed E-state index contributed by atoms with van der Waals surface area (Å²) in [5.41, 5.74) is 3.77. The minimum atomic E-state index is -3.66. The Morgan fingerprint density at radius 2 is 1.98 bits per heavy atom. The van der Waals surface area contributed by atoms with Crippen molar-refractivity contribution in [1.82, 2.24) is 9.97 Å². The quantitative estimate of drug-likeness (QED) is 0.198. The number of fused-ring (bicyclic) bond motifs is 3. The number of rotatable bonds is 9. The van der Waals surface area contributed by atoms with Gasteiger partial charge in [-0.3, -0.25) is 0 Å². The summed E-state index contributed by atoms with van der Waals surface area (Å²) in [4.78, 5) is 22.9. The third kappa shape index (κ3) is 7.18. The van der Waals surface area contributed by atoms with E-state index < -0.39 is 15.9 Å². The van der Waals surface area contributed by atoms with E-state index in [1.54, 1.807) is 19.1 Å². The monoisotopic (exact) mass is 709 g/mol. The Bertz CT molecular complexity index is 1780. The molecule has 262 valence electrons. The van der Waals surface area contributed by atoms with Gasteiger partial charge in [-0.05, 0) is 105 Å². The third-order valence-electron chi connectivity index (χ3n) is 10.8. The van der Waals surface area contributed by atoms with Crippen molar-refractivity contribution in [3.8, 4) is 5.75 Å². The number of carbonyl (C=O) groups excluding carboxylic acids is 1. The standard InChI is InChI=1S/C37H44ClN3O7S/c1-24(21-49(43,44)36-39-14-4-15-40-36)48-29-12-16-46-34(19-29)30-9-6-27(30)20-41-22-37(13-3-5-25-17-28(38)8-10-31(25)37)23-47-33-11-7-26(18-32(33)41)35(42)45-2/h4,7-8,10-11,14-15,17-18,24,27,29-30,34H,3,5-6,9,12-13,16,19-23H2,1-2H3/t24-,27+,29+,30-,34+,37+/m1/s1. The Morgan fingerprint density at radius 3 is 2.76 bits per heavy atom. The van der Waals surface area contributed by atoms with Crippen LogP contribution in [0.15, 0.2) is 60.0 Å². The highest BCUT2D eigenvalue weighted by atomic mass is 35.5. The van der Waals surface area contributed by atoms with E-state index in [1.165, 1.54) is 30.6 Å². The molecule has 49 heavy (non-hydrogen) atoms. The van der Waals surface area contributed by atoms with Gasteiger partial charge < -0.3 is 23.8 Å². The molecule has 4 aliphatic rings. The number of halogens is 1. The zero-order valence-corrected chi connectivity index (χ0v) is 29.6. The van der Waals surface area contributed by atoms with Gasteiger partial charge in [0.2, 0.25) is 15.0 Å². The first-order valence-corrected chi connectivity index (χ1v) is 19.3. The van der Waals surface area contributed by atoms with E-state index in [9.17, 15) is 13.2 Å². The Hall–Kier alpha value is -3.25. The predicted octanol–water partition coefficient (Wildman–Crippen LogP) is 5.84. The molecule has 12 heteroatoms. The summed E-state index contributed by atoms with van der Waals surface area (Å²) >= 11 is 6.44. The Kier molecular flexibility index (Phi) is 9.89. The SMILES string of the molecule is COC(=O)c1ccc2c(c1)N(C[C@@H]1CC[C@H]1[C@@H]1C[C@@H](O[C@H](C)CS(=O)(=O)c3ncccn3)CCO1)C[C@@]1(CCCc3cc(Cl)ccc31)CO2. The molecule has 2 aliphatic carbocycles. The van der Waals surface area contributed by atoms with Gasteiger partial charge in [-0.25, -0.2) is 23.2 Å². The topological polar surface area (TPSA) is 117 Å². The first kappa shape index (κ1) is 34.2. The van der Waals surface area contributed by atoms with Gasteiger partial charge in [0.05, 0.1) is 49.0 Å². The van der Waals surface area contributed by atoms with Crippen molar-refractivity contribution >= 4 is 33.1 Å². The van der Waals surface area contributed by atoms with Crippen molar-refractivity contribution in [2.24, 2.45) is 11.8 Å². The number of esters is 1. The van der Waals surface area contributed by atoms with Crippen LogP contribution in [-0.4, -0.2) is 81.8 Å². The molecule has 0 N–H and O–H groups in total. The number of aryl methyl sites for hydroxylation is 1. The zero-order valence-electron chi connectivity index (χ0n) is 28.1. The molecule has 2 fully saturated rings. The predicted molar refractivity (Wildman–Crippen MR) is 185 cm³/mol. The van der Waals surface area contributed by atoms with E-state index in [4.69, 9.17) is 30.5 Å². The minimum absolute atomic E-state index is 0.0226. The number of nitrogens with zero attached hydrogens (tertiary/aromatic N) is 3. The maximum absolute atomic E-state index is 12.9. The van der Waals surface area contributed by atoms with E-state index in [-0.39, 0.29) is 34.5 Å². The molecule has 1 saturated heterocycles. The fourth-order valence-corrected chi connectivity index (χ4v) is 9.85. The van der Waals surface area contributed by atoms with Crippen molar-refractivity contribution in [2.45, 2.75) is 80.8 Å². The van der Waals surface area contributed by atoms with Crippen molar-refractivity contribution in [2.75, 3.05) is 44.1 Å². The molecule has 0 radical (unpaired) electrons. The van der Waals surface area contributed by atoms with Crippen LogP contribution in [0.5, 0.6) is 5.75 Å². The maximum atomic E-state index is 12.9. The highest BCUT2D eigenvalue weighted by Crippen LogP contribution is 2.47. The van der Waals surface area contributed by atoms with E-state index in [1.807, 2.05) is 18.2 Å². The molecule has 3 aromatic rings. The van der Waals surface area contributed by atoms with E-state index >= 15 is 0 Å². The first-order chi connectivity index (χ1) is 23.6. The van der Waals surface area contributed by atoms with Crippen LogP contribution in [0.25, 0.3) is 0 Å². The highest BCUT2D eigenvalue weighted by molar-refractivity contribution is 7.91. The number of hydrogen-bond acceptors (Lipinski definition) is 10. The molecule has 10 nitrogen and oxygen atoms in total. The summed E-state index contributed by atoms with van der Waals surface area (Å²) in [5, 5.41) is 0.579. The van der Waals surface area contributed by atoms with Gasteiger partial charge in [0.15, 0.2) is 0 Å². The second-order valence-corrected chi connectivity index (χ2v) is 16.5.